The maximum absolute atomic E-state index is 14.2. The molecule has 2 aromatic rings. The third kappa shape index (κ3) is 25.7. The summed E-state index contributed by atoms with van der Waals surface area (Å²) in [4.78, 5) is 32.3. The van der Waals surface area contributed by atoms with Crippen LogP contribution in [0.1, 0.15) is 187 Å². The van der Waals surface area contributed by atoms with Crippen LogP contribution in [0.2, 0.25) is 0 Å². The third-order valence-electron chi connectivity index (χ3n) is 11.1. The summed E-state index contributed by atoms with van der Waals surface area (Å²) in [5.74, 6) is 0.0740. The third-order valence-corrected chi connectivity index (χ3v) is 11.1. The van der Waals surface area contributed by atoms with Gasteiger partial charge >= 0.3 is 0 Å². The van der Waals surface area contributed by atoms with Crippen molar-refractivity contribution >= 4 is 28.3 Å². The number of nitrogens with one attached hydrogen (secondary N) is 1. The van der Waals surface area contributed by atoms with Gasteiger partial charge in [-0.25, -0.2) is 0 Å². The lowest BCUT2D eigenvalue weighted by molar-refractivity contribution is -0.139. The van der Waals surface area contributed by atoms with Gasteiger partial charge in [-0.1, -0.05) is 171 Å². The molecule has 57 heavy (non-hydrogen) atoms. The van der Waals surface area contributed by atoms with E-state index in [0.717, 1.165) is 80.8 Å². The molecule has 2 aromatic carbocycles. The monoisotopic (exact) mass is 784 g/mol. The Labute approximate surface area is 351 Å². The van der Waals surface area contributed by atoms with E-state index in [1.165, 1.54) is 103 Å². The Morgan fingerprint density at radius 1 is 0.561 bits per heavy atom. The van der Waals surface area contributed by atoms with Crippen molar-refractivity contribution in [1.82, 2.24) is 9.80 Å². The average molecular weight is 784 g/mol. The van der Waals surface area contributed by atoms with Crippen LogP contribution >= 0.6 is 0 Å². The fraction of sp³-hybridized carbons (Fsp3) is 0.654. The first-order chi connectivity index (χ1) is 28.0. The summed E-state index contributed by atoms with van der Waals surface area (Å²) in [5.41, 5.74) is 0.794. The van der Waals surface area contributed by atoms with E-state index in [1.54, 1.807) is 0 Å². The molecule has 1 atom stereocenters. The molecular weight excluding hydrogens is 699 g/mol. The molecule has 5 nitrogen and oxygen atoms in total. The van der Waals surface area contributed by atoms with E-state index in [4.69, 9.17) is 0 Å². The van der Waals surface area contributed by atoms with Crippen molar-refractivity contribution < 1.29 is 9.59 Å². The second-order valence-corrected chi connectivity index (χ2v) is 16.7. The van der Waals surface area contributed by atoms with E-state index in [2.05, 4.69) is 92.8 Å². The Hall–Kier alpha value is -3.18. The molecule has 2 rings (SSSR count). The summed E-state index contributed by atoms with van der Waals surface area (Å²) in [7, 11) is 4.15. The Morgan fingerprint density at radius 2 is 1.07 bits per heavy atom. The lowest BCUT2D eigenvalue weighted by Crippen LogP contribution is -2.48. The van der Waals surface area contributed by atoms with Gasteiger partial charge in [0.2, 0.25) is 11.8 Å². The number of benzene rings is 2. The molecule has 0 saturated heterocycles. The van der Waals surface area contributed by atoms with Crippen LogP contribution in [-0.4, -0.2) is 54.8 Å². The second kappa shape index (κ2) is 34.8. The zero-order valence-corrected chi connectivity index (χ0v) is 37.3. The molecule has 0 heterocycles. The van der Waals surface area contributed by atoms with Crippen LogP contribution in [0.4, 0.5) is 5.69 Å². The number of fused-ring (bicyclic) bond motifs is 1. The van der Waals surface area contributed by atoms with E-state index in [0.29, 0.717) is 19.4 Å². The lowest BCUT2D eigenvalue weighted by atomic mass is 10.0. The lowest BCUT2D eigenvalue weighted by Gasteiger charge is -2.32. The summed E-state index contributed by atoms with van der Waals surface area (Å²) >= 11 is 0. The van der Waals surface area contributed by atoms with Crippen molar-refractivity contribution in [3.05, 3.63) is 78.9 Å². The minimum atomic E-state index is -0.464. The highest BCUT2D eigenvalue weighted by Gasteiger charge is 2.29. The molecule has 320 valence electrons. The number of allylic oxidation sites excluding steroid dienone is 6. The van der Waals surface area contributed by atoms with Gasteiger partial charge in [-0.15, -0.1) is 0 Å². The van der Waals surface area contributed by atoms with Crippen LogP contribution in [0.5, 0.6) is 0 Å². The molecule has 0 fully saturated rings. The molecule has 1 N–H and O–H groups in total. The highest BCUT2D eigenvalue weighted by Crippen LogP contribution is 2.22. The first-order valence-electron chi connectivity index (χ1n) is 23.6. The maximum atomic E-state index is 14.2. The van der Waals surface area contributed by atoms with Gasteiger partial charge in [0, 0.05) is 18.7 Å². The molecular formula is C52H85N3O2. The molecule has 0 aliphatic heterocycles. The summed E-state index contributed by atoms with van der Waals surface area (Å²) in [6.07, 6.45) is 45.0. The molecule has 0 spiro atoms. The van der Waals surface area contributed by atoms with Crippen molar-refractivity contribution in [3.8, 4) is 0 Å². The summed E-state index contributed by atoms with van der Waals surface area (Å²) < 4.78 is 0. The summed E-state index contributed by atoms with van der Waals surface area (Å²) in [6, 6.07) is 13.9. The molecule has 0 aliphatic rings. The Kier molecular flexibility index (Phi) is 30.5. The molecule has 0 bridgehead atoms. The average Bonchev–Trinajstić information content (AvgIpc) is 3.21. The topological polar surface area (TPSA) is 52.7 Å². The largest absolute Gasteiger partial charge is 0.331 e. The SMILES string of the molecule is CCCCC/C=C\C/C=C\CCCCCCCC(=O)N(CCCN(C)C)C(CCCCCCC/C=C\CCCCCCCC)C(=O)Nc1ccc2ccccc2c1. The molecule has 0 radical (unpaired) electrons. The molecule has 0 aromatic heterocycles. The zero-order valence-electron chi connectivity index (χ0n) is 37.3. The maximum Gasteiger partial charge on any atom is 0.247 e. The van der Waals surface area contributed by atoms with Gasteiger partial charge in [0.25, 0.3) is 0 Å². The van der Waals surface area contributed by atoms with E-state index in [1.807, 2.05) is 29.2 Å². The molecule has 2 amide bonds. The first kappa shape index (κ1) is 50.0. The van der Waals surface area contributed by atoms with Crippen LogP contribution in [-0.2, 0) is 9.59 Å². The van der Waals surface area contributed by atoms with Crippen LogP contribution < -0.4 is 5.32 Å². The minimum Gasteiger partial charge on any atom is -0.331 e. The van der Waals surface area contributed by atoms with Crippen LogP contribution in [0.15, 0.2) is 78.9 Å². The molecule has 1 unspecified atom stereocenters. The Morgan fingerprint density at radius 3 is 1.68 bits per heavy atom. The first-order valence-corrected chi connectivity index (χ1v) is 23.6. The van der Waals surface area contributed by atoms with Crippen LogP contribution in [0.3, 0.4) is 0 Å². The number of rotatable bonds is 36. The van der Waals surface area contributed by atoms with Gasteiger partial charge in [0.05, 0.1) is 0 Å². The second-order valence-electron chi connectivity index (χ2n) is 16.7. The molecule has 0 saturated carbocycles. The number of carbonyl (C=O) groups excluding carboxylic acids is 2. The number of anilines is 1. The molecule has 0 aliphatic carbocycles. The van der Waals surface area contributed by atoms with Crippen LogP contribution in [0, 0.1) is 0 Å². The number of amides is 2. The highest BCUT2D eigenvalue weighted by atomic mass is 16.2. The number of nitrogens with zero attached hydrogens (tertiary/aromatic N) is 2. The zero-order chi connectivity index (χ0) is 41.0. The van der Waals surface area contributed by atoms with Crippen molar-refractivity contribution in [2.45, 2.75) is 193 Å². The van der Waals surface area contributed by atoms with Gasteiger partial charge < -0.3 is 15.1 Å². The van der Waals surface area contributed by atoms with Crippen molar-refractivity contribution in [1.29, 1.82) is 0 Å². The van der Waals surface area contributed by atoms with Gasteiger partial charge in [-0.3, -0.25) is 9.59 Å². The van der Waals surface area contributed by atoms with Gasteiger partial charge in [0.1, 0.15) is 6.04 Å². The number of unbranched alkanes of at least 4 members (excludes halogenated alkanes) is 19. The van der Waals surface area contributed by atoms with E-state index < -0.39 is 6.04 Å². The quantitative estimate of drug-likeness (QED) is 0.0553. The minimum absolute atomic E-state index is 0.0565. The van der Waals surface area contributed by atoms with Gasteiger partial charge in [0.15, 0.2) is 0 Å². The summed E-state index contributed by atoms with van der Waals surface area (Å²) in [5, 5.41) is 5.49. The number of carbonyl (C=O) groups is 2. The smallest absolute Gasteiger partial charge is 0.247 e. The fourth-order valence-corrected chi connectivity index (χ4v) is 7.57. The van der Waals surface area contributed by atoms with Gasteiger partial charge in [-0.2, -0.15) is 0 Å². The van der Waals surface area contributed by atoms with E-state index >= 15 is 0 Å². The van der Waals surface area contributed by atoms with E-state index in [9.17, 15) is 9.59 Å². The fourth-order valence-electron chi connectivity index (χ4n) is 7.57. The predicted molar refractivity (Wildman–Crippen MR) is 250 cm³/mol. The van der Waals surface area contributed by atoms with Crippen molar-refractivity contribution in [2.75, 3.05) is 32.5 Å². The van der Waals surface area contributed by atoms with Crippen molar-refractivity contribution in [2.24, 2.45) is 0 Å². The van der Waals surface area contributed by atoms with Crippen LogP contribution in [0.25, 0.3) is 10.8 Å². The highest BCUT2D eigenvalue weighted by molar-refractivity contribution is 5.99. The normalized spacial score (nSPS) is 12.5. The number of hydrogen-bond acceptors (Lipinski definition) is 3. The van der Waals surface area contributed by atoms with E-state index in [-0.39, 0.29) is 11.8 Å². The van der Waals surface area contributed by atoms with Crippen molar-refractivity contribution in [3.63, 3.8) is 0 Å². The van der Waals surface area contributed by atoms with Gasteiger partial charge in [-0.05, 0) is 121 Å². The standard InChI is InChI=1S/C52H85N3O2/c1-5-7-9-11-13-15-17-19-21-23-25-27-29-31-33-40-50(52(57)53-49-43-42-47-38-35-36-39-48(47)46-49)55(45-37-44-54(3)4)51(56)41-34-32-30-28-26-24-22-20-18-16-14-12-10-8-6-2/h14,16,19-22,35-36,38-39,42-43,46,50H,5-13,15,17-18,23-34,37,40-41,44-45H2,1-4H3,(H,53,57)/b16-14-,21-19-,22-20-. The Balaban J connectivity index is 1.90. The summed E-state index contributed by atoms with van der Waals surface area (Å²) in [6.45, 7) is 6.02. The molecule has 5 heteroatoms. The predicted octanol–water partition coefficient (Wildman–Crippen LogP) is 14.8. The number of hydrogen-bond donors (Lipinski definition) is 1. The Bertz CT molecular complexity index is 1380.